The van der Waals surface area contributed by atoms with Crippen LogP contribution in [0.3, 0.4) is 0 Å². The minimum Gasteiger partial charge on any atom is -0.454 e. The Hall–Kier alpha value is -3.86. The molecule has 3 amide bonds. The van der Waals surface area contributed by atoms with E-state index in [4.69, 9.17) is 9.47 Å². The Morgan fingerprint density at radius 2 is 1.97 bits per heavy atom. The molecule has 11 heteroatoms. The zero-order valence-electron chi connectivity index (χ0n) is 16.1. The van der Waals surface area contributed by atoms with Crippen molar-refractivity contribution in [1.82, 2.24) is 4.90 Å². The lowest BCUT2D eigenvalue weighted by molar-refractivity contribution is -0.385. The zero-order valence-corrected chi connectivity index (χ0v) is 16.9. The van der Waals surface area contributed by atoms with E-state index in [1.807, 2.05) is 19.1 Å². The molecule has 0 bridgehead atoms. The van der Waals surface area contributed by atoms with Gasteiger partial charge in [-0.3, -0.25) is 29.4 Å². The van der Waals surface area contributed by atoms with E-state index in [1.165, 1.54) is 18.2 Å². The lowest BCUT2D eigenvalue weighted by Gasteiger charge is -2.13. The van der Waals surface area contributed by atoms with E-state index in [1.54, 1.807) is 12.1 Å². The van der Waals surface area contributed by atoms with Gasteiger partial charge in [-0.25, -0.2) is 0 Å². The highest BCUT2D eigenvalue weighted by Crippen LogP contribution is 2.40. The highest BCUT2D eigenvalue weighted by molar-refractivity contribution is 8.18. The number of fused-ring (bicyclic) bond motifs is 1. The van der Waals surface area contributed by atoms with Crippen LogP contribution in [-0.4, -0.2) is 40.2 Å². The molecule has 2 aliphatic heterocycles. The van der Waals surface area contributed by atoms with E-state index in [-0.39, 0.29) is 28.7 Å². The number of rotatable bonds is 5. The monoisotopic (exact) mass is 441 g/mol. The summed E-state index contributed by atoms with van der Waals surface area (Å²) in [7, 11) is 0. The Kier molecular flexibility index (Phi) is 5.34. The number of hydrogen-bond acceptors (Lipinski definition) is 8. The number of carbonyl (C=O) groups excluding carboxylic acids is 3. The Bertz CT molecular complexity index is 1160. The van der Waals surface area contributed by atoms with Crippen LogP contribution in [0, 0.1) is 17.0 Å². The maximum absolute atomic E-state index is 12.7. The molecule has 2 aliphatic rings. The van der Waals surface area contributed by atoms with Gasteiger partial charge in [0, 0.05) is 5.69 Å². The molecule has 2 heterocycles. The van der Waals surface area contributed by atoms with Gasteiger partial charge in [-0.1, -0.05) is 18.2 Å². The van der Waals surface area contributed by atoms with E-state index in [2.05, 4.69) is 5.32 Å². The topological polar surface area (TPSA) is 128 Å². The van der Waals surface area contributed by atoms with Gasteiger partial charge >= 0.3 is 0 Å². The van der Waals surface area contributed by atoms with Crippen LogP contribution in [0.5, 0.6) is 11.5 Å². The number of ether oxygens (including phenoxy) is 2. The lowest BCUT2D eigenvalue weighted by Crippen LogP contribution is -2.36. The van der Waals surface area contributed by atoms with Gasteiger partial charge in [-0.05, 0) is 42.5 Å². The summed E-state index contributed by atoms with van der Waals surface area (Å²) >= 11 is 0.606. The molecule has 1 fully saturated rings. The number of nitro benzene ring substituents is 1. The molecule has 0 unspecified atom stereocenters. The first-order chi connectivity index (χ1) is 14.8. The van der Waals surface area contributed by atoms with Gasteiger partial charge < -0.3 is 14.8 Å². The normalized spacial score (nSPS) is 16.2. The average Bonchev–Trinajstić information content (AvgIpc) is 3.28. The zero-order chi connectivity index (χ0) is 22.1. The number of aryl methyl sites for hydroxylation is 1. The molecular weight excluding hydrogens is 426 g/mol. The number of thioether (sulfide) groups is 1. The molecule has 2 aromatic rings. The predicted molar refractivity (Wildman–Crippen MR) is 112 cm³/mol. The van der Waals surface area contributed by atoms with Crippen LogP contribution in [0.15, 0.2) is 41.3 Å². The van der Waals surface area contributed by atoms with Crippen LogP contribution in [0.4, 0.5) is 16.2 Å². The van der Waals surface area contributed by atoms with Gasteiger partial charge in [-0.15, -0.1) is 0 Å². The molecule has 0 spiro atoms. The molecule has 0 atom stereocenters. The summed E-state index contributed by atoms with van der Waals surface area (Å²) < 4.78 is 10.4. The number of imide groups is 1. The molecule has 1 N–H and O–H groups in total. The van der Waals surface area contributed by atoms with Crippen molar-refractivity contribution in [3.63, 3.8) is 0 Å². The summed E-state index contributed by atoms with van der Waals surface area (Å²) in [6.07, 6.45) is 1.24. The minimum atomic E-state index is -0.707. The van der Waals surface area contributed by atoms with Gasteiger partial charge in [0.05, 0.1) is 21.5 Å². The molecular formula is C20H15N3O7S. The van der Waals surface area contributed by atoms with E-state index >= 15 is 0 Å². The van der Waals surface area contributed by atoms with Crippen molar-refractivity contribution in [2.24, 2.45) is 0 Å². The highest BCUT2D eigenvalue weighted by atomic mass is 32.2. The van der Waals surface area contributed by atoms with Crippen LogP contribution >= 0.6 is 11.8 Å². The maximum Gasteiger partial charge on any atom is 0.294 e. The number of para-hydroxylation sites is 1. The maximum atomic E-state index is 12.7. The summed E-state index contributed by atoms with van der Waals surface area (Å²) in [5.41, 5.74) is 1.20. The van der Waals surface area contributed by atoms with E-state index in [9.17, 15) is 24.5 Å². The Balaban J connectivity index is 1.55. The van der Waals surface area contributed by atoms with Crippen molar-refractivity contribution >= 4 is 46.3 Å². The highest BCUT2D eigenvalue weighted by Gasteiger charge is 2.37. The summed E-state index contributed by atoms with van der Waals surface area (Å²) in [6.45, 7) is 1.28. The molecule has 158 valence electrons. The van der Waals surface area contributed by atoms with Crippen molar-refractivity contribution in [1.29, 1.82) is 0 Å². The van der Waals surface area contributed by atoms with Gasteiger partial charge in [-0.2, -0.15) is 0 Å². The van der Waals surface area contributed by atoms with Crippen LogP contribution in [-0.2, 0) is 9.59 Å². The second-order valence-corrected chi connectivity index (χ2v) is 7.65. The second kappa shape index (κ2) is 8.11. The summed E-state index contributed by atoms with van der Waals surface area (Å²) in [5, 5.41) is 13.4. The van der Waals surface area contributed by atoms with Crippen molar-refractivity contribution < 1.29 is 28.8 Å². The first-order valence-electron chi connectivity index (χ1n) is 9.02. The number of nitrogens with zero attached hydrogens (tertiary/aromatic N) is 2. The third-order valence-corrected chi connectivity index (χ3v) is 5.51. The van der Waals surface area contributed by atoms with E-state index in [0.717, 1.165) is 10.5 Å². The number of nitrogens with one attached hydrogen (secondary N) is 1. The van der Waals surface area contributed by atoms with Crippen molar-refractivity contribution in [2.45, 2.75) is 6.92 Å². The number of anilines is 1. The Morgan fingerprint density at radius 3 is 2.68 bits per heavy atom. The van der Waals surface area contributed by atoms with Crippen LogP contribution < -0.4 is 14.8 Å². The van der Waals surface area contributed by atoms with E-state index in [0.29, 0.717) is 23.2 Å². The van der Waals surface area contributed by atoms with Crippen LogP contribution in [0.2, 0.25) is 0 Å². The summed E-state index contributed by atoms with van der Waals surface area (Å²) in [5.74, 6) is -0.715. The Labute approximate surface area is 180 Å². The van der Waals surface area contributed by atoms with E-state index < -0.39 is 28.5 Å². The Morgan fingerprint density at radius 1 is 1.26 bits per heavy atom. The van der Waals surface area contributed by atoms with Crippen molar-refractivity contribution in [3.8, 4) is 11.5 Å². The van der Waals surface area contributed by atoms with Gasteiger partial charge in [0.1, 0.15) is 6.54 Å². The van der Waals surface area contributed by atoms with Crippen LogP contribution in [0.1, 0.15) is 11.1 Å². The smallest absolute Gasteiger partial charge is 0.294 e. The molecule has 31 heavy (non-hydrogen) atoms. The molecule has 0 radical (unpaired) electrons. The van der Waals surface area contributed by atoms with Crippen LogP contribution in [0.25, 0.3) is 6.08 Å². The molecule has 1 saturated heterocycles. The van der Waals surface area contributed by atoms with Crippen molar-refractivity contribution in [3.05, 3.63) is 62.5 Å². The first kappa shape index (κ1) is 20.4. The number of amides is 3. The number of benzene rings is 2. The third-order valence-electron chi connectivity index (χ3n) is 4.60. The fourth-order valence-electron chi connectivity index (χ4n) is 3.04. The third kappa shape index (κ3) is 4.08. The fourth-order valence-corrected chi connectivity index (χ4v) is 3.87. The molecule has 0 saturated carbocycles. The lowest BCUT2D eigenvalue weighted by atomic mass is 10.1. The molecule has 0 aromatic heterocycles. The second-order valence-electron chi connectivity index (χ2n) is 6.65. The number of carbonyl (C=O) groups is 3. The minimum absolute atomic E-state index is 0.0318. The predicted octanol–water partition coefficient (Wildman–Crippen LogP) is 3.31. The standard InChI is InChI=1S/C20H15N3O7S/c1-11-4-2-3-5-13(11)21-18(24)9-22-19(25)17(31-20(22)26)7-12-6-15-16(30-10-29-15)8-14(12)23(27)28/h2-8H,9-10H2,1H3,(H,21,24)/b17-7-. The van der Waals surface area contributed by atoms with Crippen molar-refractivity contribution in [2.75, 3.05) is 18.7 Å². The quantitative estimate of drug-likeness (QED) is 0.425. The summed E-state index contributed by atoms with van der Waals surface area (Å²) in [4.78, 5) is 48.9. The fraction of sp³-hybridized carbons (Fsp3) is 0.150. The largest absolute Gasteiger partial charge is 0.454 e. The molecule has 0 aliphatic carbocycles. The molecule has 2 aromatic carbocycles. The van der Waals surface area contributed by atoms with Gasteiger partial charge in [0.15, 0.2) is 11.5 Å². The van der Waals surface area contributed by atoms with Gasteiger partial charge in [0.2, 0.25) is 12.7 Å². The first-order valence-corrected chi connectivity index (χ1v) is 9.84. The average molecular weight is 441 g/mol. The molecule has 4 rings (SSSR count). The summed E-state index contributed by atoms with van der Waals surface area (Å²) in [6, 6.07) is 9.68. The number of hydrogen-bond donors (Lipinski definition) is 1. The molecule has 10 nitrogen and oxygen atoms in total. The SMILES string of the molecule is Cc1ccccc1NC(=O)CN1C(=O)S/C(=C\c2cc3c(cc2[N+](=O)[O-])OCO3)C1=O. The van der Waals surface area contributed by atoms with Gasteiger partial charge in [0.25, 0.3) is 16.8 Å². The number of nitro groups is 1.